The number of rotatable bonds is 2. The van der Waals surface area contributed by atoms with E-state index in [0.717, 1.165) is 34.6 Å². The fraction of sp³-hybridized carbons (Fsp3) is 0.375. The zero-order valence-electron chi connectivity index (χ0n) is 12.3. The van der Waals surface area contributed by atoms with Crippen molar-refractivity contribution in [2.45, 2.75) is 39.5 Å². The van der Waals surface area contributed by atoms with Crippen LogP contribution in [-0.4, -0.2) is 15.0 Å². The monoisotopic (exact) mass is 269 g/mol. The van der Waals surface area contributed by atoms with Gasteiger partial charge in [0.15, 0.2) is 12.0 Å². The summed E-state index contributed by atoms with van der Waals surface area (Å²) in [6.07, 6.45) is 4.31. The topological polar surface area (TPSA) is 54.7 Å². The Kier molecular flexibility index (Phi) is 2.89. The van der Waals surface area contributed by atoms with Crippen LogP contribution in [0, 0.1) is 0 Å². The van der Waals surface area contributed by atoms with E-state index in [2.05, 4.69) is 54.8 Å². The number of benzene rings is 1. The highest BCUT2D eigenvalue weighted by Gasteiger charge is 2.19. The maximum absolute atomic E-state index is 5.53. The lowest BCUT2D eigenvalue weighted by Crippen LogP contribution is -2.13. The molecule has 0 radical (unpaired) electrons. The summed E-state index contributed by atoms with van der Waals surface area (Å²) in [5, 5.41) is 0. The van der Waals surface area contributed by atoms with Crippen LogP contribution in [0.4, 0.5) is 0 Å². The van der Waals surface area contributed by atoms with Gasteiger partial charge in [-0.05, 0) is 12.0 Å². The number of aromatic amines is 1. The molecule has 0 fully saturated rings. The third-order valence-electron chi connectivity index (χ3n) is 3.52. The number of nitrogens with zero attached hydrogens (tertiary/aromatic N) is 2. The lowest BCUT2D eigenvalue weighted by atomic mass is 9.96. The number of H-pyrrole nitrogens is 1. The summed E-state index contributed by atoms with van der Waals surface area (Å²) >= 11 is 0. The quantitative estimate of drug-likeness (QED) is 0.762. The normalized spacial score (nSPS) is 12.2. The van der Waals surface area contributed by atoms with Crippen molar-refractivity contribution in [3.63, 3.8) is 0 Å². The molecule has 4 heteroatoms. The van der Waals surface area contributed by atoms with Crippen molar-refractivity contribution in [1.29, 1.82) is 0 Å². The summed E-state index contributed by atoms with van der Waals surface area (Å²) < 4.78 is 5.53. The number of nitrogens with one attached hydrogen (secondary N) is 1. The second-order valence-electron chi connectivity index (χ2n) is 6.05. The summed E-state index contributed by atoms with van der Waals surface area (Å²) in [5.74, 6) is 0.976. The average molecular weight is 269 g/mol. The fourth-order valence-electron chi connectivity index (χ4n) is 2.34. The van der Waals surface area contributed by atoms with Crippen LogP contribution in [0.3, 0.4) is 0 Å². The van der Waals surface area contributed by atoms with Crippen molar-refractivity contribution in [1.82, 2.24) is 15.0 Å². The molecule has 104 valence electrons. The molecular weight excluding hydrogens is 250 g/mol. The van der Waals surface area contributed by atoms with Crippen molar-refractivity contribution in [3.8, 4) is 11.3 Å². The highest BCUT2D eigenvalue weighted by Crippen LogP contribution is 2.30. The molecule has 0 aliphatic carbocycles. The van der Waals surface area contributed by atoms with Crippen LogP contribution in [0.25, 0.3) is 22.4 Å². The first kappa shape index (κ1) is 12.9. The highest BCUT2D eigenvalue weighted by atomic mass is 16.3. The van der Waals surface area contributed by atoms with Crippen LogP contribution < -0.4 is 0 Å². The second kappa shape index (κ2) is 4.47. The summed E-state index contributed by atoms with van der Waals surface area (Å²) in [6, 6.07) is 4.18. The number of hydrogen-bond donors (Lipinski definition) is 1. The fourth-order valence-corrected chi connectivity index (χ4v) is 2.34. The Hall–Kier alpha value is -2.10. The largest absolute Gasteiger partial charge is 0.443 e. The molecule has 0 spiro atoms. The summed E-state index contributed by atoms with van der Waals surface area (Å²) in [7, 11) is 0. The molecule has 0 aliphatic heterocycles. The van der Waals surface area contributed by atoms with Crippen molar-refractivity contribution in [3.05, 3.63) is 36.1 Å². The Bertz CT molecular complexity index is 747. The van der Waals surface area contributed by atoms with Gasteiger partial charge in [0, 0.05) is 11.0 Å². The van der Waals surface area contributed by atoms with Crippen LogP contribution in [-0.2, 0) is 11.8 Å². The first-order valence-corrected chi connectivity index (χ1v) is 6.91. The Morgan fingerprint density at radius 2 is 2.00 bits per heavy atom. The zero-order valence-corrected chi connectivity index (χ0v) is 12.3. The van der Waals surface area contributed by atoms with E-state index < -0.39 is 0 Å². The molecule has 0 saturated heterocycles. The molecular formula is C16H19N3O. The van der Waals surface area contributed by atoms with Gasteiger partial charge in [0.25, 0.3) is 0 Å². The Balaban J connectivity index is 2.15. The summed E-state index contributed by atoms with van der Waals surface area (Å²) in [6.45, 7) is 8.54. The van der Waals surface area contributed by atoms with Gasteiger partial charge < -0.3 is 9.40 Å². The Labute approximate surface area is 118 Å². The standard InChI is InChI=1S/C16H19N3O/c1-5-10-6-7-11(13-14(10)20-9-18-13)12-8-17-15(19-12)16(2,3)4/h6-9H,5H2,1-4H3,(H,17,19). The number of hydrogen-bond acceptors (Lipinski definition) is 3. The zero-order chi connectivity index (χ0) is 14.3. The van der Waals surface area contributed by atoms with Gasteiger partial charge in [-0.3, -0.25) is 0 Å². The van der Waals surface area contributed by atoms with E-state index in [1.165, 1.54) is 12.0 Å². The molecule has 1 N–H and O–H groups in total. The van der Waals surface area contributed by atoms with Crippen LogP contribution in [0.1, 0.15) is 39.1 Å². The number of aryl methyl sites for hydroxylation is 1. The van der Waals surface area contributed by atoms with Gasteiger partial charge in [-0.25, -0.2) is 9.97 Å². The molecule has 0 atom stereocenters. The number of aromatic nitrogens is 3. The number of fused-ring (bicyclic) bond motifs is 1. The predicted octanol–water partition coefficient (Wildman–Crippen LogP) is 4.08. The van der Waals surface area contributed by atoms with E-state index in [1.807, 2.05) is 6.20 Å². The maximum Gasteiger partial charge on any atom is 0.182 e. The molecule has 20 heavy (non-hydrogen) atoms. The molecule has 0 amide bonds. The third kappa shape index (κ3) is 2.01. The number of imidazole rings is 1. The average Bonchev–Trinajstić information content (AvgIpc) is 3.05. The van der Waals surface area contributed by atoms with Crippen LogP contribution in [0.5, 0.6) is 0 Å². The second-order valence-corrected chi connectivity index (χ2v) is 6.05. The van der Waals surface area contributed by atoms with E-state index in [9.17, 15) is 0 Å². The lowest BCUT2D eigenvalue weighted by molar-refractivity contribution is 0.553. The van der Waals surface area contributed by atoms with Gasteiger partial charge in [-0.1, -0.05) is 39.8 Å². The SMILES string of the molecule is CCc1ccc(-c2cnc(C(C)(C)C)[nH]2)c2ncoc12. The van der Waals surface area contributed by atoms with Crippen molar-refractivity contribution >= 4 is 11.1 Å². The van der Waals surface area contributed by atoms with E-state index in [-0.39, 0.29) is 5.41 Å². The molecule has 2 aromatic heterocycles. The van der Waals surface area contributed by atoms with Crippen molar-refractivity contribution < 1.29 is 4.42 Å². The molecule has 2 heterocycles. The minimum Gasteiger partial charge on any atom is -0.443 e. The maximum atomic E-state index is 5.53. The lowest BCUT2D eigenvalue weighted by Gasteiger charge is -2.14. The third-order valence-corrected chi connectivity index (χ3v) is 3.52. The van der Waals surface area contributed by atoms with Gasteiger partial charge in [-0.15, -0.1) is 0 Å². The molecule has 3 aromatic rings. The van der Waals surface area contributed by atoms with Gasteiger partial charge in [0.1, 0.15) is 11.3 Å². The minimum atomic E-state index is 0.00451. The summed E-state index contributed by atoms with van der Waals surface area (Å²) in [5.41, 5.74) is 4.97. The first-order valence-electron chi connectivity index (χ1n) is 6.91. The number of oxazole rings is 1. The first-order chi connectivity index (χ1) is 9.50. The van der Waals surface area contributed by atoms with Gasteiger partial charge >= 0.3 is 0 Å². The van der Waals surface area contributed by atoms with Crippen molar-refractivity contribution in [2.24, 2.45) is 0 Å². The van der Waals surface area contributed by atoms with Gasteiger partial charge in [-0.2, -0.15) is 0 Å². The van der Waals surface area contributed by atoms with Crippen LogP contribution in [0.15, 0.2) is 29.1 Å². The highest BCUT2D eigenvalue weighted by molar-refractivity contribution is 5.91. The van der Waals surface area contributed by atoms with Gasteiger partial charge in [0.05, 0.1) is 11.9 Å². The molecule has 0 unspecified atom stereocenters. The Morgan fingerprint density at radius 3 is 2.65 bits per heavy atom. The van der Waals surface area contributed by atoms with E-state index in [0.29, 0.717) is 0 Å². The molecule has 0 aliphatic rings. The molecule has 0 bridgehead atoms. The van der Waals surface area contributed by atoms with Gasteiger partial charge in [0.2, 0.25) is 0 Å². The molecule has 4 nitrogen and oxygen atoms in total. The van der Waals surface area contributed by atoms with E-state index in [4.69, 9.17) is 4.42 Å². The van der Waals surface area contributed by atoms with Crippen LogP contribution >= 0.6 is 0 Å². The summed E-state index contributed by atoms with van der Waals surface area (Å²) in [4.78, 5) is 12.2. The molecule has 1 aromatic carbocycles. The van der Waals surface area contributed by atoms with E-state index >= 15 is 0 Å². The molecule has 3 rings (SSSR count). The molecule has 0 saturated carbocycles. The van der Waals surface area contributed by atoms with Crippen molar-refractivity contribution in [2.75, 3.05) is 0 Å². The minimum absolute atomic E-state index is 0.00451. The van der Waals surface area contributed by atoms with Crippen LogP contribution in [0.2, 0.25) is 0 Å². The Morgan fingerprint density at radius 1 is 1.20 bits per heavy atom. The smallest absolute Gasteiger partial charge is 0.182 e. The predicted molar refractivity (Wildman–Crippen MR) is 79.7 cm³/mol. The van der Waals surface area contributed by atoms with E-state index in [1.54, 1.807) is 0 Å².